The molecule has 0 radical (unpaired) electrons. The summed E-state index contributed by atoms with van der Waals surface area (Å²) < 4.78 is 35.4. The first-order chi connectivity index (χ1) is 5.97. The number of hydrogen-bond acceptors (Lipinski definition) is 2. The predicted molar refractivity (Wildman–Crippen MR) is 44.3 cm³/mol. The summed E-state index contributed by atoms with van der Waals surface area (Å²) in [6.45, 7) is -0.882. The van der Waals surface area contributed by atoms with Crippen molar-refractivity contribution >= 4 is 0 Å². The van der Waals surface area contributed by atoms with Crippen molar-refractivity contribution in [2.75, 3.05) is 6.54 Å². The van der Waals surface area contributed by atoms with Crippen LogP contribution in [0.2, 0.25) is 0 Å². The molecule has 0 aromatic heterocycles. The van der Waals surface area contributed by atoms with E-state index in [1.54, 1.807) is 0 Å². The molecule has 0 heterocycles. The average molecular weight is 196 g/mol. The van der Waals surface area contributed by atoms with E-state index in [1.165, 1.54) is 0 Å². The summed E-state index contributed by atoms with van der Waals surface area (Å²) >= 11 is 0. The summed E-state index contributed by atoms with van der Waals surface area (Å²) in [5.41, 5.74) is 5.63. The zero-order chi connectivity index (χ0) is 9.90. The van der Waals surface area contributed by atoms with E-state index in [-0.39, 0.29) is 12.1 Å². The van der Waals surface area contributed by atoms with Gasteiger partial charge < -0.3 is 11.1 Å². The molecule has 0 aromatic carbocycles. The third-order valence-electron chi connectivity index (χ3n) is 2.36. The minimum atomic E-state index is -4.10. The SMILES string of the molecule is NC1CCC(NCC(F)(F)F)CC1. The first-order valence-corrected chi connectivity index (χ1v) is 4.53. The maximum Gasteiger partial charge on any atom is 0.401 e. The fourth-order valence-electron chi connectivity index (χ4n) is 1.58. The number of rotatable bonds is 2. The first kappa shape index (κ1) is 10.8. The standard InChI is InChI=1S/C8H15F3N2/c9-8(10,11)5-13-7-3-1-6(12)2-4-7/h6-7,13H,1-5,12H2. The lowest BCUT2D eigenvalue weighted by Crippen LogP contribution is -2.41. The molecule has 78 valence electrons. The van der Waals surface area contributed by atoms with Gasteiger partial charge in [-0.2, -0.15) is 13.2 Å². The minimum absolute atomic E-state index is 0.00132. The normalized spacial score (nSPS) is 30.5. The highest BCUT2D eigenvalue weighted by Gasteiger charge is 2.28. The molecule has 1 aliphatic carbocycles. The van der Waals surface area contributed by atoms with Gasteiger partial charge in [-0.25, -0.2) is 0 Å². The van der Waals surface area contributed by atoms with Crippen molar-refractivity contribution in [3.63, 3.8) is 0 Å². The van der Waals surface area contributed by atoms with E-state index in [0.717, 1.165) is 25.7 Å². The maximum atomic E-state index is 11.8. The van der Waals surface area contributed by atoms with Gasteiger partial charge in [0.1, 0.15) is 0 Å². The molecule has 0 saturated heterocycles. The summed E-state index contributed by atoms with van der Waals surface area (Å²) in [5, 5.41) is 2.50. The quantitative estimate of drug-likeness (QED) is 0.700. The lowest BCUT2D eigenvalue weighted by molar-refractivity contribution is -0.126. The van der Waals surface area contributed by atoms with Crippen molar-refractivity contribution in [2.45, 2.75) is 43.9 Å². The summed E-state index contributed by atoms with van der Waals surface area (Å²) in [6.07, 6.45) is -0.918. The highest BCUT2D eigenvalue weighted by molar-refractivity contribution is 4.79. The smallest absolute Gasteiger partial charge is 0.328 e. The lowest BCUT2D eigenvalue weighted by Gasteiger charge is -2.27. The first-order valence-electron chi connectivity index (χ1n) is 4.53. The molecule has 1 aliphatic rings. The largest absolute Gasteiger partial charge is 0.401 e. The van der Waals surface area contributed by atoms with Crippen molar-refractivity contribution in [2.24, 2.45) is 5.73 Å². The molecule has 0 atom stereocenters. The zero-order valence-electron chi connectivity index (χ0n) is 7.40. The third-order valence-corrected chi connectivity index (χ3v) is 2.36. The van der Waals surface area contributed by atoms with Gasteiger partial charge in [0, 0.05) is 12.1 Å². The number of halogens is 3. The Morgan fingerprint density at radius 3 is 2.15 bits per heavy atom. The van der Waals surface area contributed by atoms with Crippen molar-refractivity contribution in [3.05, 3.63) is 0 Å². The maximum absolute atomic E-state index is 11.8. The summed E-state index contributed by atoms with van der Waals surface area (Å²) in [4.78, 5) is 0. The number of hydrogen-bond donors (Lipinski definition) is 2. The Hall–Kier alpha value is -0.290. The lowest BCUT2D eigenvalue weighted by atomic mass is 9.92. The van der Waals surface area contributed by atoms with E-state index in [9.17, 15) is 13.2 Å². The van der Waals surface area contributed by atoms with Crippen LogP contribution < -0.4 is 11.1 Å². The molecule has 0 unspecified atom stereocenters. The van der Waals surface area contributed by atoms with E-state index < -0.39 is 12.7 Å². The van der Waals surface area contributed by atoms with Crippen LogP contribution in [0.1, 0.15) is 25.7 Å². The second kappa shape index (κ2) is 4.28. The monoisotopic (exact) mass is 196 g/mol. The fraction of sp³-hybridized carbons (Fsp3) is 1.00. The Labute approximate surface area is 75.7 Å². The van der Waals surface area contributed by atoms with Crippen LogP contribution in [0.4, 0.5) is 13.2 Å². The van der Waals surface area contributed by atoms with Crippen LogP contribution in [0.3, 0.4) is 0 Å². The van der Waals surface area contributed by atoms with Gasteiger partial charge in [0.2, 0.25) is 0 Å². The third kappa shape index (κ3) is 4.47. The van der Waals surface area contributed by atoms with Gasteiger partial charge in [0.25, 0.3) is 0 Å². The topological polar surface area (TPSA) is 38.0 Å². The molecule has 0 amide bonds. The number of alkyl halides is 3. The highest BCUT2D eigenvalue weighted by atomic mass is 19.4. The molecule has 5 heteroatoms. The Morgan fingerprint density at radius 2 is 1.69 bits per heavy atom. The van der Waals surface area contributed by atoms with Gasteiger partial charge in [-0.05, 0) is 25.7 Å². The number of nitrogens with one attached hydrogen (secondary N) is 1. The number of nitrogens with two attached hydrogens (primary N) is 1. The molecule has 0 aromatic rings. The summed E-state index contributed by atoms with van der Waals surface area (Å²) in [7, 11) is 0. The highest BCUT2D eigenvalue weighted by Crippen LogP contribution is 2.19. The summed E-state index contributed by atoms with van der Waals surface area (Å²) in [5.74, 6) is 0. The second-order valence-corrected chi connectivity index (χ2v) is 3.61. The molecule has 0 bridgehead atoms. The van der Waals surface area contributed by atoms with Gasteiger partial charge in [-0.1, -0.05) is 0 Å². The van der Waals surface area contributed by atoms with E-state index in [4.69, 9.17) is 5.73 Å². The van der Waals surface area contributed by atoms with E-state index in [1.807, 2.05) is 0 Å². The van der Waals surface area contributed by atoms with Crippen LogP contribution in [-0.2, 0) is 0 Å². The van der Waals surface area contributed by atoms with Gasteiger partial charge in [-0.3, -0.25) is 0 Å². The fourth-order valence-corrected chi connectivity index (χ4v) is 1.58. The molecule has 1 fully saturated rings. The molecule has 1 saturated carbocycles. The molecule has 13 heavy (non-hydrogen) atoms. The molecule has 1 rings (SSSR count). The molecule has 2 nitrogen and oxygen atoms in total. The van der Waals surface area contributed by atoms with E-state index >= 15 is 0 Å². The van der Waals surface area contributed by atoms with E-state index in [0.29, 0.717) is 0 Å². The Bertz CT molecular complexity index is 150. The Balaban J connectivity index is 2.16. The van der Waals surface area contributed by atoms with Crippen LogP contribution in [0.5, 0.6) is 0 Å². The molecular formula is C8H15F3N2. The Kier molecular flexibility index (Phi) is 3.55. The van der Waals surface area contributed by atoms with Gasteiger partial charge in [-0.15, -0.1) is 0 Å². The van der Waals surface area contributed by atoms with Gasteiger partial charge in [0.15, 0.2) is 0 Å². The molecule has 0 spiro atoms. The van der Waals surface area contributed by atoms with Crippen molar-refractivity contribution in [1.29, 1.82) is 0 Å². The van der Waals surface area contributed by atoms with Crippen LogP contribution in [0.15, 0.2) is 0 Å². The van der Waals surface area contributed by atoms with Crippen LogP contribution in [-0.4, -0.2) is 24.8 Å². The van der Waals surface area contributed by atoms with Crippen LogP contribution in [0.25, 0.3) is 0 Å². The van der Waals surface area contributed by atoms with E-state index in [2.05, 4.69) is 5.32 Å². The van der Waals surface area contributed by atoms with Gasteiger partial charge in [0.05, 0.1) is 6.54 Å². The average Bonchev–Trinajstić information content (AvgIpc) is 2.02. The van der Waals surface area contributed by atoms with Crippen molar-refractivity contribution in [1.82, 2.24) is 5.32 Å². The molecular weight excluding hydrogens is 181 g/mol. The molecule has 0 aliphatic heterocycles. The summed E-state index contributed by atoms with van der Waals surface area (Å²) in [6, 6.07) is 0.186. The Morgan fingerprint density at radius 1 is 1.15 bits per heavy atom. The van der Waals surface area contributed by atoms with Crippen LogP contribution >= 0.6 is 0 Å². The van der Waals surface area contributed by atoms with Gasteiger partial charge >= 0.3 is 6.18 Å². The predicted octanol–water partition coefficient (Wildman–Crippen LogP) is 1.41. The minimum Gasteiger partial charge on any atom is -0.328 e. The second-order valence-electron chi connectivity index (χ2n) is 3.61. The van der Waals surface area contributed by atoms with Crippen LogP contribution in [0, 0.1) is 0 Å². The van der Waals surface area contributed by atoms with Crippen molar-refractivity contribution < 1.29 is 13.2 Å². The molecule has 3 N–H and O–H groups in total. The zero-order valence-corrected chi connectivity index (χ0v) is 7.40. The van der Waals surface area contributed by atoms with Crippen molar-refractivity contribution in [3.8, 4) is 0 Å².